The summed E-state index contributed by atoms with van der Waals surface area (Å²) in [6.07, 6.45) is 1.48. The molecular formula is C14H20FNO3. The van der Waals surface area contributed by atoms with Crippen molar-refractivity contribution in [2.75, 3.05) is 45.4 Å². The number of anilines is 1. The van der Waals surface area contributed by atoms with Gasteiger partial charge in [-0.05, 0) is 24.6 Å². The van der Waals surface area contributed by atoms with Crippen molar-refractivity contribution in [3.8, 4) is 0 Å². The van der Waals surface area contributed by atoms with E-state index in [-0.39, 0.29) is 0 Å². The number of carbonyl (C=O) groups excluding carboxylic acids is 1. The third kappa shape index (κ3) is 5.36. The van der Waals surface area contributed by atoms with Gasteiger partial charge in [0.2, 0.25) is 0 Å². The Morgan fingerprint density at radius 2 is 1.89 bits per heavy atom. The lowest BCUT2D eigenvalue weighted by Crippen LogP contribution is -2.29. The van der Waals surface area contributed by atoms with Crippen LogP contribution in [0.3, 0.4) is 0 Å². The molecule has 0 atom stereocenters. The smallest absolute Gasteiger partial charge is 0.150 e. The Balaban J connectivity index is 2.82. The molecule has 19 heavy (non-hydrogen) atoms. The van der Waals surface area contributed by atoms with Gasteiger partial charge in [-0.3, -0.25) is 4.79 Å². The molecule has 0 amide bonds. The van der Waals surface area contributed by atoms with Gasteiger partial charge in [0, 0.05) is 45.2 Å². The summed E-state index contributed by atoms with van der Waals surface area (Å²) >= 11 is 0. The third-order valence-electron chi connectivity index (χ3n) is 2.75. The maximum absolute atomic E-state index is 13.4. The van der Waals surface area contributed by atoms with Gasteiger partial charge in [0.15, 0.2) is 0 Å². The monoisotopic (exact) mass is 269 g/mol. The van der Waals surface area contributed by atoms with Gasteiger partial charge in [-0.1, -0.05) is 0 Å². The number of ether oxygens (including phenoxy) is 2. The van der Waals surface area contributed by atoms with Crippen LogP contribution in [0.4, 0.5) is 10.1 Å². The van der Waals surface area contributed by atoms with Crippen molar-refractivity contribution in [2.45, 2.75) is 6.42 Å². The molecule has 1 aromatic rings. The largest absolute Gasteiger partial charge is 0.385 e. The van der Waals surface area contributed by atoms with Crippen LogP contribution in [-0.4, -0.2) is 46.8 Å². The van der Waals surface area contributed by atoms with E-state index in [1.54, 1.807) is 20.3 Å². The molecule has 0 aliphatic rings. The quantitative estimate of drug-likeness (QED) is 0.508. The SMILES string of the molecule is COCCCN(CCOC)c1cc(F)cc(C=O)c1. The Kier molecular flexibility index (Phi) is 7.07. The van der Waals surface area contributed by atoms with Gasteiger partial charge < -0.3 is 14.4 Å². The van der Waals surface area contributed by atoms with Crippen LogP contribution in [0.15, 0.2) is 18.2 Å². The lowest BCUT2D eigenvalue weighted by Gasteiger charge is -2.24. The maximum atomic E-state index is 13.4. The first kappa shape index (κ1) is 15.6. The van der Waals surface area contributed by atoms with Crippen molar-refractivity contribution in [3.63, 3.8) is 0 Å². The first-order chi connectivity index (χ1) is 9.21. The molecule has 106 valence electrons. The molecule has 0 N–H and O–H groups in total. The van der Waals surface area contributed by atoms with Gasteiger partial charge in [-0.2, -0.15) is 0 Å². The fraction of sp³-hybridized carbons (Fsp3) is 0.500. The molecule has 0 saturated heterocycles. The maximum Gasteiger partial charge on any atom is 0.150 e. The first-order valence-corrected chi connectivity index (χ1v) is 6.20. The Morgan fingerprint density at radius 1 is 1.16 bits per heavy atom. The van der Waals surface area contributed by atoms with E-state index in [4.69, 9.17) is 9.47 Å². The topological polar surface area (TPSA) is 38.8 Å². The second kappa shape index (κ2) is 8.61. The van der Waals surface area contributed by atoms with Gasteiger partial charge in [0.1, 0.15) is 12.1 Å². The molecular weight excluding hydrogens is 249 g/mol. The average molecular weight is 269 g/mol. The van der Waals surface area contributed by atoms with Crippen molar-refractivity contribution in [1.29, 1.82) is 0 Å². The molecule has 1 rings (SSSR count). The van der Waals surface area contributed by atoms with E-state index in [0.717, 1.165) is 13.0 Å². The number of nitrogens with zero attached hydrogens (tertiary/aromatic N) is 1. The van der Waals surface area contributed by atoms with Crippen LogP contribution >= 0.6 is 0 Å². The van der Waals surface area contributed by atoms with E-state index in [0.29, 0.717) is 37.3 Å². The number of hydrogen-bond acceptors (Lipinski definition) is 4. The molecule has 5 heteroatoms. The fourth-order valence-corrected chi connectivity index (χ4v) is 1.82. The Labute approximate surface area is 113 Å². The molecule has 0 unspecified atom stereocenters. The molecule has 1 aromatic carbocycles. The minimum atomic E-state index is -0.409. The molecule has 0 aromatic heterocycles. The number of aldehydes is 1. The van der Waals surface area contributed by atoms with Crippen molar-refractivity contribution in [2.24, 2.45) is 0 Å². The van der Waals surface area contributed by atoms with Gasteiger partial charge >= 0.3 is 0 Å². The van der Waals surface area contributed by atoms with E-state index < -0.39 is 5.82 Å². The van der Waals surface area contributed by atoms with E-state index in [1.807, 2.05) is 4.90 Å². The predicted octanol–water partition coefficient (Wildman–Crippen LogP) is 2.13. The highest BCUT2D eigenvalue weighted by Gasteiger charge is 2.09. The minimum absolute atomic E-state index is 0.337. The molecule has 0 fully saturated rings. The molecule has 4 nitrogen and oxygen atoms in total. The summed E-state index contributed by atoms with van der Waals surface area (Å²) in [5, 5.41) is 0. The molecule has 0 aliphatic carbocycles. The number of hydrogen-bond donors (Lipinski definition) is 0. The number of rotatable bonds is 9. The normalized spacial score (nSPS) is 10.5. The van der Waals surface area contributed by atoms with Crippen LogP contribution in [0.25, 0.3) is 0 Å². The van der Waals surface area contributed by atoms with E-state index in [2.05, 4.69) is 0 Å². The van der Waals surface area contributed by atoms with Gasteiger partial charge in [-0.15, -0.1) is 0 Å². The van der Waals surface area contributed by atoms with Crippen LogP contribution in [-0.2, 0) is 9.47 Å². The lowest BCUT2D eigenvalue weighted by atomic mass is 10.2. The van der Waals surface area contributed by atoms with Gasteiger partial charge in [0.05, 0.1) is 6.61 Å². The highest BCUT2D eigenvalue weighted by molar-refractivity contribution is 5.77. The standard InChI is InChI=1S/C14H20FNO3/c1-18-6-3-4-16(5-7-19-2)14-9-12(11-17)8-13(15)10-14/h8-11H,3-7H2,1-2H3. The molecule has 0 radical (unpaired) electrons. The van der Waals surface area contributed by atoms with Crippen LogP contribution in [0.1, 0.15) is 16.8 Å². The van der Waals surface area contributed by atoms with Crippen LogP contribution < -0.4 is 4.90 Å². The lowest BCUT2D eigenvalue weighted by molar-refractivity contribution is 0.112. The number of halogens is 1. The van der Waals surface area contributed by atoms with Gasteiger partial charge in [-0.25, -0.2) is 4.39 Å². The molecule has 0 saturated carbocycles. The number of carbonyl (C=O) groups is 1. The van der Waals surface area contributed by atoms with E-state index in [9.17, 15) is 9.18 Å². The van der Waals surface area contributed by atoms with Crippen LogP contribution in [0.5, 0.6) is 0 Å². The number of benzene rings is 1. The zero-order chi connectivity index (χ0) is 14.1. The van der Waals surface area contributed by atoms with Gasteiger partial charge in [0.25, 0.3) is 0 Å². The van der Waals surface area contributed by atoms with E-state index >= 15 is 0 Å². The summed E-state index contributed by atoms with van der Waals surface area (Å²) in [4.78, 5) is 12.8. The third-order valence-corrected chi connectivity index (χ3v) is 2.75. The summed E-state index contributed by atoms with van der Waals surface area (Å²) in [7, 11) is 3.27. The first-order valence-electron chi connectivity index (χ1n) is 6.20. The molecule has 0 spiro atoms. The molecule has 0 aliphatic heterocycles. The fourth-order valence-electron chi connectivity index (χ4n) is 1.82. The molecule has 0 bridgehead atoms. The van der Waals surface area contributed by atoms with Crippen molar-refractivity contribution in [3.05, 3.63) is 29.6 Å². The zero-order valence-electron chi connectivity index (χ0n) is 11.4. The summed E-state index contributed by atoms with van der Waals surface area (Å²) in [5.74, 6) is -0.409. The highest BCUT2D eigenvalue weighted by Crippen LogP contribution is 2.18. The summed E-state index contributed by atoms with van der Waals surface area (Å²) < 4.78 is 23.5. The average Bonchev–Trinajstić information content (AvgIpc) is 2.42. The summed E-state index contributed by atoms with van der Waals surface area (Å²) in [6, 6.07) is 4.33. The predicted molar refractivity (Wildman–Crippen MR) is 72.4 cm³/mol. The second-order valence-electron chi connectivity index (χ2n) is 4.19. The summed E-state index contributed by atoms with van der Waals surface area (Å²) in [6.45, 7) is 2.54. The minimum Gasteiger partial charge on any atom is -0.385 e. The number of methoxy groups -OCH3 is 2. The summed E-state index contributed by atoms with van der Waals surface area (Å²) in [5.41, 5.74) is 1.03. The Morgan fingerprint density at radius 3 is 2.53 bits per heavy atom. The van der Waals surface area contributed by atoms with Crippen LogP contribution in [0.2, 0.25) is 0 Å². The van der Waals surface area contributed by atoms with E-state index in [1.165, 1.54) is 12.1 Å². The second-order valence-corrected chi connectivity index (χ2v) is 4.19. The van der Waals surface area contributed by atoms with Crippen molar-refractivity contribution < 1.29 is 18.7 Å². The Bertz CT molecular complexity index is 398. The van der Waals surface area contributed by atoms with Crippen molar-refractivity contribution >= 4 is 12.0 Å². The van der Waals surface area contributed by atoms with Crippen molar-refractivity contribution in [1.82, 2.24) is 0 Å². The van der Waals surface area contributed by atoms with Crippen LogP contribution in [0, 0.1) is 5.82 Å². The molecule has 0 heterocycles. The Hall–Kier alpha value is -1.46. The zero-order valence-corrected chi connectivity index (χ0v) is 11.4. The highest BCUT2D eigenvalue weighted by atomic mass is 19.1.